The molecule has 2 rings (SSSR count). The van der Waals surface area contributed by atoms with Crippen molar-refractivity contribution in [2.45, 2.75) is 6.92 Å². The smallest absolute Gasteiger partial charge is 0.251 e. The van der Waals surface area contributed by atoms with Crippen molar-refractivity contribution >= 4 is 23.2 Å². The largest absolute Gasteiger partial charge is 0.489 e. The lowest BCUT2D eigenvalue weighted by Crippen LogP contribution is -2.27. The van der Waals surface area contributed by atoms with Gasteiger partial charge < -0.3 is 30.2 Å². The van der Waals surface area contributed by atoms with Gasteiger partial charge in [0.2, 0.25) is 5.91 Å². The predicted molar refractivity (Wildman–Crippen MR) is 116 cm³/mol. The summed E-state index contributed by atoms with van der Waals surface area (Å²) in [5.41, 5.74) is 1.77. The molecule has 0 saturated carbocycles. The molecule has 0 spiro atoms. The zero-order valence-electron chi connectivity index (χ0n) is 17.4. The molecule has 0 aliphatic rings. The van der Waals surface area contributed by atoms with Crippen molar-refractivity contribution < 1.29 is 23.8 Å². The van der Waals surface area contributed by atoms with Crippen molar-refractivity contribution in [2.24, 2.45) is 0 Å². The molecular weight excluding hydrogens is 386 g/mol. The van der Waals surface area contributed by atoms with Crippen LogP contribution in [0.2, 0.25) is 0 Å². The molecule has 0 atom stereocenters. The Kier molecular flexibility index (Phi) is 10.2. The van der Waals surface area contributed by atoms with E-state index >= 15 is 0 Å². The Morgan fingerprint density at radius 2 is 1.83 bits per heavy atom. The van der Waals surface area contributed by atoms with E-state index in [9.17, 15) is 9.59 Å². The van der Waals surface area contributed by atoms with Gasteiger partial charge in [-0.25, -0.2) is 0 Å². The molecule has 0 aliphatic carbocycles. The van der Waals surface area contributed by atoms with E-state index in [0.717, 1.165) is 0 Å². The molecule has 2 amide bonds. The van der Waals surface area contributed by atoms with E-state index < -0.39 is 0 Å². The number of amides is 2. The van der Waals surface area contributed by atoms with Crippen LogP contribution in [0, 0.1) is 0 Å². The number of rotatable bonds is 13. The van der Waals surface area contributed by atoms with Crippen LogP contribution in [0.5, 0.6) is 5.75 Å². The number of carbonyl (C=O) groups excluding carboxylic acids is 2. The quantitative estimate of drug-likeness (QED) is 0.435. The summed E-state index contributed by atoms with van der Waals surface area (Å²) in [7, 11) is 1.58. The van der Waals surface area contributed by atoms with Crippen LogP contribution in [0.25, 0.3) is 0 Å². The predicted octanol–water partition coefficient (Wildman–Crippen LogP) is 2.53. The summed E-state index contributed by atoms with van der Waals surface area (Å²) in [4.78, 5) is 24.5. The molecule has 2 aromatic rings. The second-order valence-electron chi connectivity index (χ2n) is 6.27. The first-order valence-electron chi connectivity index (χ1n) is 9.84. The van der Waals surface area contributed by atoms with Gasteiger partial charge in [0.15, 0.2) is 0 Å². The fourth-order valence-corrected chi connectivity index (χ4v) is 2.57. The second kappa shape index (κ2) is 13.2. The van der Waals surface area contributed by atoms with Gasteiger partial charge in [-0.3, -0.25) is 9.59 Å². The Labute approximate surface area is 176 Å². The van der Waals surface area contributed by atoms with Crippen LogP contribution >= 0.6 is 0 Å². The normalized spacial score (nSPS) is 10.3. The van der Waals surface area contributed by atoms with E-state index in [1.165, 1.54) is 0 Å². The average molecular weight is 415 g/mol. The molecule has 8 heteroatoms. The Balaban J connectivity index is 1.86. The van der Waals surface area contributed by atoms with Gasteiger partial charge in [-0.15, -0.1) is 0 Å². The SMILES string of the molecule is CCOCCOc1ccccc1NC(=O)CNc1cccc(C(=O)NCCOC)c1. The van der Waals surface area contributed by atoms with E-state index in [-0.39, 0.29) is 18.4 Å². The minimum Gasteiger partial charge on any atom is -0.489 e. The number of carbonyl (C=O) groups is 2. The Bertz CT molecular complexity index is 813. The summed E-state index contributed by atoms with van der Waals surface area (Å²) in [5.74, 6) is 0.157. The van der Waals surface area contributed by atoms with Gasteiger partial charge in [-0.1, -0.05) is 18.2 Å². The van der Waals surface area contributed by atoms with Crippen LogP contribution in [0.1, 0.15) is 17.3 Å². The van der Waals surface area contributed by atoms with Crippen molar-refractivity contribution in [1.82, 2.24) is 5.32 Å². The van der Waals surface area contributed by atoms with Crippen molar-refractivity contribution in [1.29, 1.82) is 0 Å². The molecule has 2 aromatic carbocycles. The molecular formula is C22H29N3O5. The minimum atomic E-state index is -0.231. The molecule has 0 fully saturated rings. The molecule has 0 radical (unpaired) electrons. The first kappa shape index (κ1) is 23.2. The van der Waals surface area contributed by atoms with Gasteiger partial charge >= 0.3 is 0 Å². The Hall–Kier alpha value is -3.10. The van der Waals surface area contributed by atoms with Gasteiger partial charge in [-0.05, 0) is 37.3 Å². The highest BCUT2D eigenvalue weighted by Gasteiger charge is 2.09. The van der Waals surface area contributed by atoms with Crippen LogP contribution < -0.4 is 20.7 Å². The molecule has 0 saturated heterocycles. The van der Waals surface area contributed by atoms with Gasteiger partial charge in [-0.2, -0.15) is 0 Å². The van der Waals surface area contributed by atoms with Crippen molar-refractivity contribution in [3.05, 3.63) is 54.1 Å². The molecule has 3 N–H and O–H groups in total. The second-order valence-corrected chi connectivity index (χ2v) is 6.27. The molecule has 0 unspecified atom stereocenters. The van der Waals surface area contributed by atoms with E-state index in [1.54, 1.807) is 43.5 Å². The third-order valence-corrected chi connectivity index (χ3v) is 4.02. The zero-order chi connectivity index (χ0) is 21.6. The minimum absolute atomic E-state index is 0.0437. The van der Waals surface area contributed by atoms with Crippen molar-refractivity contribution in [3.63, 3.8) is 0 Å². The molecule has 8 nitrogen and oxygen atoms in total. The van der Waals surface area contributed by atoms with Gasteiger partial charge in [0.25, 0.3) is 5.91 Å². The van der Waals surface area contributed by atoms with E-state index in [0.29, 0.717) is 55.7 Å². The van der Waals surface area contributed by atoms with Crippen LogP contribution in [0.15, 0.2) is 48.5 Å². The fourth-order valence-electron chi connectivity index (χ4n) is 2.57. The monoisotopic (exact) mass is 415 g/mol. The number of ether oxygens (including phenoxy) is 3. The summed E-state index contributed by atoms with van der Waals surface area (Å²) in [6, 6.07) is 14.2. The van der Waals surface area contributed by atoms with Gasteiger partial charge in [0.05, 0.1) is 25.4 Å². The van der Waals surface area contributed by atoms with E-state index in [2.05, 4.69) is 16.0 Å². The van der Waals surface area contributed by atoms with Crippen LogP contribution in [-0.4, -0.2) is 58.4 Å². The summed E-state index contributed by atoms with van der Waals surface area (Å²) in [6.45, 7) is 4.35. The highest BCUT2D eigenvalue weighted by Crippen LogP contribution is 2.23. The lowest BCUT2D eigenvalue weighted by atomic mass is 10.2. The zero-order valence-corrected chi connectivity index (χ0v) is 17.4. The maximum atomic E-state index is 12.4. The lowest BCUT2D eigenvalue weighted by Gasteiger charge is -2.13. The van der Waals surface area contributed by atoms with Gasteiger partial charge in [0.1, 0.15) is 12.4 Å². The third kappa shape index (κ3) is 8.10. The number of hydrogen-bond donors (Lipinski definition) is 3. The fraction of sp³-hybridized carbons (Fsp3) is 0.364. The number of para-hydroxylation sites is 2. The summed E-state index contributed by atoms with van der Waals surface area (Å²) in [6.07, 6.45) is 0. The molecule has 162 valence electrons. The lowest BCUT2D eigenvalue weighted by molar-refractivity contribution is -0.114. The average Bonchev–Trinajstić information content (AvgIpc) is 2.76. The highest BCUT2D eigenvalue weighted by molar-refractivity contribution is 5.96. The molecule has 0 aromatic heterocycles. The number of anilines is 2. The number of nitrogens with one attached hydrogen (secondary N) is 3. The third-order valence-electron chi connectivity index (χ3n) is 4.02. The summed E-state index contributed by atoms with van der Waals surface area (Å²) in [5, 5.41) is 8.62. The Morgan fingerprint density at radius 3 is 2.63 bits per heavy atom. The highest BCUT2D eigenvalue weighted by atomic mass is 16.5. The number of hydrogen-bond acceptors (Lipinski definition) is 6. The van der Waals surface area contributed by atoms with E-state index in [4.69, 9.17) is 14.2 Å². The Morgan fingerprint density at radius 1 is 1.00 bits per heavy atom. The van der Waals surface area contributed by atoms with Crippen molar-refractivity contribution in [3.8, 4) is 5.75 Å². The molecule has 0 bridgehead atoms. The summed E-state index contributed by atoms with van der Waals surface area (Å²) >= 11 is 0. The molecule has 0 heterocycles. The van der Waals surface area contributed by atoms with Crippen LogP contribution in [-0.2, 0) is 14.3 Å². The maximum absolute atomic E-state index is 12.4. The maximum Gasteiger partial charge on any atom is 0.251 e. The number of benzene rings is 2. The summed E-state index contributed by atoms with van der Waals surface area (Å²) < 4.78 is 15.9. The molecule has 0 aliphatic heterocycles. The van der Waals surface area contributed by atoms with Crippen LogP contribution in [0.3, 0.4) is 0 Å². The molecule has 30 heavy (non-hydrogen) atoms. The van der Waals surface area contributed by atoms with E-state index in [1.807, 2.05) is 19.1 Å². The van der Waals surface area contributed by atoms with Crippen LogP contribution in [0.4, 0.5) is 11.4 Å². The van der Waals surface area contributed by atoms with Crippen molar-refractivity contribution in [2.75, 3.05) is 57.3 Å². The first-order valence-corrected chi connectivity index (χ1v) is 9.84. The standard InChI is InChI=1S/C22H29N3O5/c1-3-29-13-14-30-20-10-5-4-9-19(20)25-21(26)16-24-18-8-6-7-17(15-18)22(27)23-11-12-28-2/h4-10,15,24H,3,11-14,16H2,1-2H3,(H,23,27)(H,25,26). The van der Waals surface area contributed by atoms with Gasteiger partial charge in [0, 0.05) is 31.5 Å². The first-order chi connectivity index (χ1) is 14.6. The number of methoxy groups -OCH3 is 1. The topological polar surface area (TPSA) is 97.9 Å².